The smallest absolute Gasteiger partial charge is 0.264 e. The van der Waals surface area contributed by atoms with Gasteiger partial charge >= 0.3 is 0 Å². The molecule has 0 atom stereocenters. The highest BCUT2D eigenvalue weighted by molar-refractivity contribution is 7.92. The van der Waals surface area contributed by atoms with Gasteiger partial charge in [-0.15, -0.1) is 0 Å². The minimum absolute atomic E-state index is 0.0257. The van der Waals surface area contributed by atoms with Gasteiger partial charge in [0.05, 0.1) is 24.8 Å². The number of ether oxygens (including phenoxy) is 2. The van der Waals surface area contributed by atoms with E-state index in [1.165, 1.54) is 32.4 Å². The Morgan fingerprint density at radius 1 is 0.838 bits per heavy atom. The van der Waals surface area contributed by atoms with Crippen LogP contribution in [-0.4, -0.2) is 40.1 Å². The number of carbonyl (C=O) groups excluding carboxylic acids is 1. The van der Waals surface area contributed by atoms with E-state index in [2.05, 4.69) is 10.3 Å². The molecule has 0 aliphatic carbocycles. The van der Waals surface area contributed by atoms with Gasteiger partial charge in [-0.1, -0.05) is 30.3 Å². The number of rotatable bonds is 10. The first-order valence-corrected chi connectivity index (χ1v) is 12.9. The quantitative estimate of drug-likeness (QED) is 0.332. The third-order valence-corrected chi connectivity index (χ3v) is 7.44. The molecule has 1 heterocycles. The van der Waals surface area contributed by atoms with E-state index in [4.69, 9.17) is 9.47 Å². The highest BCUT2D eigenvalue weighted by Crippen LogP contribution is 2.32. The number of sulfonamides is 1. The lowest BCUT2D eigenvalue weighted by Gasteiger charge is -2.24. The van der Waals surface area contributed by atoms with Crippen LogP contribution in [0.1, 0.15) is 11.1 Å². The van der Waals surface area contributed by atoms with Crippen LogP contribution in [0.15, 0.2) is 102 Å². The first-order valence-electron chi connectivity index (χ1n) is 11.5. The van der Waals surface area contributed by atoms with Crippen LogP contribution >= 0.6 is 0 Å². The summed E-state index contributed by atoms with van der Waals surface area (Å²) in [7, 11) is -1.21. The molecule has 0 bridgehead atoms. The van der Waals surface area contributed by atoms with Crippen LogP contribution in [-0.2, 0) is 21.2 Å². The number of anilines is 2. The summed E-state index contributed by atoms with van der Waals surface area (Å²) in [6.45, 7) is -0.417. The zero-order valence-electron chi connectivity index (χ0n) is 20.5. The molecule has 0 unspecified atom stereocenters. The molecule has 9 heteroatoms. The van der Waals surface area contributed by atoms with Crippen LogP contribution in [0.2, 0.25) is 0 Å². The third-order valence-electron chi connectivity index (χ3n) is 5.67. The van der Waals surface area contributed by atoms with Crippen molar-refractivity contribution in [2.45, 2.75) is 11.3 Å². The lowest BCUT2D eigenvalue weighted by molar-refractivity contribution is -0.114. The summed E-state index contributed by atoms with van der Waals surface area (Å²) in [5.74, 6) is 0.195. The van der Waals surface area contributed by atoms with Gasteiger partial charge in [0.25, 0.3) is 10.0 Å². The predicted octanol–water partition coefficient (Wildman–Crippen LogP) is 4.52. The third kappa shape index (κ3) is 6.25. The maximum Gasteiger partial charge on any atom is 0.264 e. The first kappa shape index (κ1) is 25.7. The van der Waals surface area contributed by atoms with Gasteiger partial charge in [0.2, 0.25) is 5.91 Å². The molecule has 0 saturated carbocycles. The van der Waals surface area contributed by atoms with E-state index in [-0.39, 0.29) is 10.6 Å². The van der Waals surface area contributed by atoms with Gasteiger partial charge in [-0.2, -0.15) is 0 Å². The van der Waals surface area contributed by atoms with Crippen molar-refractivity contribution in [2.24, 2.45) is 0 Å². The van der Waals surface area contributed by atoms with Crippen LogP contribution in [0.4, 0.5) is 11.4 Å². The molecule has 37 heavy (non-hydrogen) atoms. The van der Waals surface area contributed by atoms with Crippen LogP contribution in [0.5, 0.6) is 11.5 Å². The monoisotopic (exact) mass is 517 g/mol. The zero-order chi connectivity index (χ0) is 26.3. The predicted molar refractivity (Wildman–Crippen MR) is 143 cm³/mol. The summed E-state index contributed by atoms with van der Waals surface area (Å²) in [6.07, 6.45) is 4.24. The van der Waals surface area contributed by atoms with Gasteiger partial charge in [-0.25, -0.2) is 8.42 Å². The molecule has 8 nitrogen and oxygen atoms in total. The summed E-state index contributed by atoms with van der Waals surface area (Å²) in [4.78, 5) is 17.0. The fourth-order valence-corrected chi connectivity index (χ4v) is 5.22. The molecule has 0 saturated heterocycles. The van der Waals surface area contributed by atoms with Gasteiger partial charge < -0.3 is 14.8 Å². The molecule has 1 N–H and O–H groups in total. The molecule has 0 spiro atoms. The van der Waals surface area contributed by atoms with Crippen LogP contribution in [0, 0.1) is 0 Å². The molecular weight excluding hydrogens is 490 g/mol. The summed E-state index contributed by atoms with van der Waals surface area (Å²) in [5.41, 5.74) is 3.14. The number of carbonyl (C=O) groups is 1. The van der Waals surface area contributed by atoms with E-state index in [0.29, 0.717) is 17.1 Å². The van der Waals surface area contributed by atoms with E-state index in [1.54, 1.807) is 54.9 Å². The van der Waals surface area contributed by atoms with Crippen molar-refractivity contribution >= 4 is 27.3 Å². The fraction of sp³-hybridized carbons (Fsp3) is 0.143. The van der Waals surface area contributed by atoms with Crippen LogP contribution in [0.3, 0.4) is 0 Å². The standard InChI is InChI=1S/C28H27N3O5S/c1-35-26-13-12-25(19-27(26)36-2)37(33,34)31(24-6-4-3-5-7-24)20-28(32)30-23-10-8-21(9-11-23)18-22-14-16-29-17-15-22/h3-17,19H,18,20H2,1-2H3,(H,30,32). The number of hydrogen-bond donors (Lipinski definition) is 1. The van der Waals surface area contributed by atoms with E-state index in [0.717, 1.165) is 21.9 Å². The number of hydrogen-bond acceptors (Lipinski definition) is 6. The van der Waals surface area contributed by atoms with Crippen LogP contribution in [0.25, 0.3) is 0 Å². The zero-order valence-corrected chi connectivity index (χ0v) is 21.3. The molecule has 0 radical (unpaired) electrons. The van der Waals surface area contributed by atoms with Crippen molar-refractivity contribution in [2.75, 3.05) is 30.4 Å². The second kappa shape index (κ2) is 11.6. The molecule has 1 aromatic heterocycles. The van der Waals surface area contributed by atoms with Gasteiger partial charge in [0.15, 0.2) is 11.5 Å². The molecule has 1 amide bonds. The van der Waals surface area contributed by atoms with Crippen molar-refractivity contribution in [3.63, 3.8) is 0 Å². The van der Waals surface area contributed by atoms with Gasteiger partial charge in [-0.05, 0) is 66.1 Å². The number of para-hydroxylation sites is 1. The summed E-state index contributed by atoms with van der Waals surface area (Å²) in [5, 5.41) is 2.80. The highest BCUT2D eigenvalue weighted by Gasteiger charge is 2.28. The number of nitrogens with zero attached hydrogens (tertiary/aromatic N) is 2. The normalized spacial score (nSPS) is 11.0. The first-order chi connectivity index (χ1) is 17.9. The number of aromatic nitrogens is 1. The summed E-state index contributed by atoms with van der Waals surface area (Å²) in [6, 6.07) is 24.1. The second-order valence-corrected chi connectivity index (χ2v) is 10.0. The maximum atomic E-state index is 13.7. The molecule has 190 valence electrons. The minimum atomic E-state index is -4.11. The average Bonchev–Trinajstić information content (AvgIpc) is 2.93. The number of methoxy groups -OCH3 is 2. The molecule has 4 rings (SSSR count). The Bertz CT molecular complexity index is 1440. The Labute approximate surface area is 216 Å². The van der Waals surface area contributed by atoms with Crippen molar-refractivity contribution in [1.29, 1.82) is 0 Å². The van der Waals surface area contributed by atoms with Crippen molar-refractivity contribution in [3.8, 4) is 11.5 Å². The van der Waals surface area contributed by atoms with E-state index < -0.39 is 22.5 Å². The Hall–Kier alpha value is -4.37. The fourth-order valence-electron chi connectivity index (χ4n) is 3.79. The number of pyridine rings is 1. The number of amides is 1. The average molecular weight is 518 g/mol. The van der Waals surface area contributed by atoms with Gasteiger partial charge in [0, 0.05) is 24.1 Å². The summed E-state index contributed by atoms with van der Waals surface area (Å²) < 4.78 is 38.9. The second-order valence-electron chi connectivity index (χ2n) is 8.14. The Morgan fingerprint density at radius 3 is 2.14 bits per heavy atom. The Balaban J connectivity index is 1.54. The number of benzene rings is 3. The lowest BCUT2D eigenvalue weighted by Crippen LogP contribution is -2.38. The molecule has 0 fully saturated rings. The topological polar surface area (TPSA) is 97.8 Å². The SMILES string of the molecule is COc1ccc(S(=O)(=O)N(CC(=O)Nc2ccc(Cc3ccncc3)cc2)c2ccccc2)cc1OC. The Morgan fingerprint density at radius 2 is 1.49 bits per heavy atom. The van der Waals surface area contributed by atoms with Crippen molar-refractivity contribution in [1.82, 2.24) is 4.98 Å². The van der Waals surface area contributed by atoms with Gasteiger partial charge in [0.1, 0.15) is 6.54 Å². The van der Waals surface area contributed by atoms with E-state index in [9.17, 15) is 13.2 Å². The highest BCUT2D eigenvalue weighted by atomic mass is 32.2. The van der Waals surface area contributed by atoms with Gasteiger partial charge in [-0.3, -0.25) is 14.1 Å². The van der Waals surface area contributed by atoms with E-state index in [1.807, 2.05) is 24.3 Å². The Kier molecular flexibility index (Phi) is 8.05. The van der Waals surface area contributed by atoms with Crippen molar-refractivity contribution in [3.05, 3.63) is 108 Å². The van der Waals surface area contributed by atoms with Crippen molar-refractivity contribution < 1.29 is 22.7 Å². The summed E-state index contributed by atoms with van der Waals surface area (Å²) >= 11 is 0. The van der Waals surface area contributed by atoms with Crippen LogP contribution < -0.4 is 19.1 Å². The molecule has 0 aliphatic heterocycles. The minimum Gasteiger partial charge on any atom is -0.493 e. The lowest BCUT2D eigenvalue weighted by atomic mass is 10.1. The number of nitrogens with one attached hydrogen (secondary N) is 1. The van der Waals surface area contributed by atoms with E-state index >= 15 is 0 Å². The largest absolute Gasteiger partial charge is 0.493 e. The molecule has 3 aromatic carbocycles. The molecule has 0 aliphatic rings. The molecular formula is C28H27N3O5S. The molecule has 4 aromatic rings. The maximum absolute atomic E-state index is 13.7.